The zero-order chi connectivity index (χ0) is 22.9. The molecular formula is C22H24N2O5S2. The normalized spacial score (nSPS) is 21.9. The Bertz CT molecular complexity index is 1250. The molecule has 9 heteroatoms. The highest BCUT2D eigenvalue weighted by molar-refractivity contribution is 7.92. The maximum absolute atomic E-state index is 12.1. The molecule has 1 aliphatic carbocycles. The summed E-state index contributed by atoms with van der Waals surface area (Å²) >= 11 is 1.41. The zero-order valence-corrected chi connectivity index (χ0v) is 19.2. The summed E-state index contributed by atoms with van der Waals surface area (Å²) in [5.41, 5.74) is 2.87. The summed E-state index contributed by atoms with van der Waals surface area (Å²) in [5.74, 6) is 11.1. The molecule has 0 spiro atoms. The van der Waals surface area contributed by atoms with Crippen molar-refractivity contribution >= 4 is 37.3 Å². The van der Waals surface area contributed by atoms with E-state index in [1.807, 2.05) is 25.1 Å². The highest BCUT2D eigenvalue weighted by Gasteiger charge is 2.48. The van der Waals surface area contributed by atoms with Crippen LogP contribution in [0.5, 0.6) is 0 Å². The van der Waals surface area contributed by atoms with Gasteiger partial charge in [0.15, 0.2) is 9.84 Å². The summed E-state index contributed by atoms with van der Waals surface area (Å²) in [6.07, 6.45) is 2.13. The fourth-order valence-electron chi connectivity index (χ4n) is 3.24. The minimum atomic E-state index is -3.75. The Kier molecular flexibility index (Phi) is 6.45. The summed E-state index contributed by atoms with van der Waals surface area (Å²) in [6, 6.07) is 5.58. The first-order valence-corrected chi connectivity index (χ1v) is 12.4. The van der Waals surface area contributed by atoms with Crippen LogP contribution in [-0.4, -0.2) is 47.2 Å². The number of sulfone groups is 1. The molecule has 3 atom stereocenters. The summed E-state index contributed by atoms with van der Waals surface area (Å²) in [7, 11) is -3.75. The molecular weight excluding hydrogens is 436 g/mol. The third kappa shape index (κ3) is 4.91. The van der Waals surface area contributed by atoms with Crippen LogP contribution in [0, 0.1) is 35.0 Å². The molecule has 0 aliphatic heterocycles. The number of rotatable bonds is 6. The molecule has 3 N–H and O–H groups in total. The summed E-state index contributed by atoms with van der Waals surface area (Å²) in [4.78, 5) is 16.5. The van der Waals surface area contributed by atoms with Crippen molar-refractivity contribution in [2.75, 3.05) is 12.9 Å². The number of aliphatic hydroxyl groups excluding tert-OH is 1. The SMILES string of the molecule is CC1(C#CC#Cc2ccc3nc(CCC(C)(C(=O)NO)S(C)(=O)=O)sc3c2)C[C@H]1CO. The minimum absolute atomic E-state index is 0.00605. The lowest BCUT2D eigenvalue weighted by molar-refractivity contribution is -0.131. The number of aromatic nitrogens is 1. The molecule has 1 fully saturated rings. The lowest BCUT2D eigenvalue weighted by atomic mass is 10.0. The van der Waals surface area contributed by atoms with E-state index in [-0.39, 0.29) is 30.8 Å². The first-order chi connectivity index (χ1) is 14.5. The number of benzene rings is 1. The second-order valence-corrected chi connectivity index (χ2v) is 11.8. The van der Waals surface area contributed by atoms with Gasteiger partial charge in [0.1, 0.15) is 4.75 Å². The third-order valence-electron chi connectivity index (χ3n) is 5.90. The van der Waals surface area contributed by atoms with Crippen LogP contribution in [-0.2, 0) is 21.1 Å². The van der Waals surface area contributed by atoms with Gasteiger partial charge in [0, 0.05) is 30.3 Å². The van der Waals surface area contributed by atoms with Crippen LogP contribution in [0.4, 0.5) is 0 Å². The molecule has 0 saturated heterocycles. The summed E-state index contributed by atoms with van der Waals surface area (Å²) < 4.78 is 23.3. The predicted octanol–water partition coefficient (Wildman–Crippen LogP) is 1.91. The number of thiazole rings is 1. The smallest absolute Gasteiger partial charge is 0.264 e. The van der Waals surface area contributed by atoms with Crippen molar-refractivity contribution in [3.63, 3.8) is 0 Å². The van der Waals surface area contributed by atoms with E-state index in [1.54, 1.807) is 0 Å². The van der Waals surface area contributed by atoms with Crippen LogP contribution in [0.25, 0.3) is 10.2 Å². The van der Waals surface area contributed by atoms with Crippen molar-refractivity contribution in [2.24, 2.45) is 11.3 Å². The fraction of sp³-hybridized carbons (Fsp3) is 0.455. The minimum Gasteiger partial charge on any atom is -0.396 e. The largest absolute Gasteiger partial charge is 0.396 e. The number of amides is 1. The molecule has 0 bridgehead atoms. The Morgan fingerprint density at radius 2 is 2.16 bits per heavy atom. The maximum Gasteiger partial charge on any atom is 0.264 e. The van der Waals surface area contributed by atoms with Crippen LogP contribution in [0.15, 0.2) is 18.2 Å². The Balaban J connectivity index is 1.74. The number of aryl methyl sites for hydroxylation is 1. The zero-order valence-electron chi connectivity index (χ0n) is 17.5. The van der Waals surface area contributed by atoms with Gasteiger partial charge in [-0.25, -0.2) is 18.9 Å². The maximum atomic E-state index is 12.1. The molecule has 1 saturated carbocycles. The van der Waals surface area contributed by atoms with Gasteiger partial charge in [0.2, 0.25) is 0 Å². The highest BCUT2D eigenvalue weighted by atomic mass is 32.2. The molecule has 1 aromatic carbocycles. The summed E-state index contributed by atoms with van der Waals surface area (Å²) in [6.45, 7) is 3.46. The third-order valence-corrected chi connectivity index (χ3v) is 9.00. The quantitative estimate of drug-likeness (QED) is 0.344. The van der Waals surface area contributed by atoms with E-state index in [2.05, 4.69) is 28.7 Å². The van der Waals surface area contributed by atoms with Gasteiger partial charge >= 0.3 is 0 Å². The van der Waals surface area contributed by atoms with Crippen LogP contribution >= 0.6 is 11.3 Å². The monoisotopic (exact) mass is 460 g/mol. The number of hydroxylamine groups is 1. The molecule has 0 radical (unpaired) electrons. The first kappa shape index (κ1) is 23.2. The Morgan fingerprint density at radius 1 is 1.42 bits per heavy atom. The van der Waals surface area contributed by atoms with E-state index in [1.165, 1.54) is 23.7 Å². The van der Waals surface area contributed by atoms with Gasteiger partial charge < -0.3 is 5.11 Å². The topological polar surface area (TPSA) is 117 Å². The van der Waals surface area contributed by atoms with E-state index in [4.69, 9.17) is 5.21 Å². The van der Waals surface area contributed by atoms with E-state index < -0.39 is 20.5 Å². The molecule has 31 heavy (non-hydrogen) atoms. The predicted molar refractivity (Wildman–Crippen MR) is 119 cm³/mol. The fourth-order valence-corrected chi connectivity index (χ4v) is 5.10. The molecule has 3 rings (SSSR count). The second kappa shape index (κ2) is 8.60. The number of carbonyl (C=O) groups excluding carboxylic acids is 1. The van der Waals surface area contributed by atoms with Crippen molar-refractivity contribution in [1.29, 1.82) is 0 Å². The number of carbonyl (C=O) groups is 1. The standard InChI is InChI=1S/C22H24N2O5S2/c1-21(13-16(21)14-25)10-5-4-6-15-7-8-17-18(12-15)30-19(23-17)9-11-22(2,20(26)24-27)31(3,28)29/h7-8,12,16,25,27H,9,11,13-14H2,1-3H3,(H,24,26)/t16-,21?,22?/m0/s1. The molecule has 1 amide bonds. The lowest BCUT2D eigenvalue weighted by Crippen LogP contribution is -2.49. The number of hydrogen-bond donors (Lipinski definition) is 3. The molecule has 2 aromatic rings. The van der Waals surface area contributed by atoms with E-state index in [0.717, 1.165) is 28.5 Å². The second-order valence-electron chi connectivity index (χ2n) is 8.24. The van der Waals surface area contributed by atoms with Gasteiger partial charge in [-0.3, -0.25) is 10.0 Å². The van der Waals surface area contributed by atoms with E-state index in [9.17, 15) is 18.3 Å². The number of nitrogens with zero attached hydrogens (tertiary/aromatic N) is 1. The average Bonchev–Trinajstić information content (AvgIpc) is 3.20. The number of nitrogens with one attached hydrogen (secondary N) is 1. The van der Waals surface area contributed by atoms with E-state index in [0.29, 0.717) is 5.01 Å². The van der Waals surface area contributed by atoms with Crippen LogP contribution in [0.1, 0.15) is 37.3 Å². The molecule has 1 heterocycles. The molecule has 2 unspecified atom stereocenters. The van der Waals surface area contributed by atoms with Gasteiger partial charge in [-0.1, -0.05) is 11.8 Å². The van der Waals surface area contributed by atoms with Crippen molar-refractivity contribution in [1.82, 2.24) is 10.5 Å². The highest BCUT2D eigenvalue weighted by Crippen LogP contribution is 2.51. The van der Waals surface area contributed by atoms with Gasteiger partial charge in [-0.2, -0.15) is 0 Å². The molecule has 164 valence electrons. The molecule has 1 aliphatic rings. The molecule has 1 aromatic heterocycles. The van der Waals surface area contributed by atoms with Crippen molar-refractivity contribution in [3.05, 3.63) is 28.8 Å². The van der Waals surface area contributed by atoms with Gasteiger partial charge in [0.05, 0.1) is 15.2 Å². The Morgan fingerprint density at radius 3 is 2.77 bits per heavy atom. The average molecular weight is 461 g/mol. The van der Waals surface area contributed by atoms with Crippen molar-refractivity contribution < 1.29 is 23.5 Å². The van der Waals surface area contributed by atoms with E-state index >= 15 is 0 Å². The number of hydrogen-bond acceptors (Lipinski definition) is 7. The molecule has 7 nitrogen and oxygen atoms in total. The van der Waals surface area contributed by atoms with Gasteiger partial charge in [0.25, 0.3) is 5.91 Å². The van der Waals surface area contributed by atoms with Crippen LogP contribution in [0.2, 0.25) is 0 Å². The lowest BCUT2D eigenvalue weighted by Gasteiger charge is -2.24. The first-order valence-electron chi connectivity index (χ1n) is 9.70. The number of fused-ring (bicyclic) bond motifs is 1. The van der Waals surface area contributed by atoms with Crippen molar-refractivity contribution in [2.45, 2.75) is 37.9 Å². The van der Waals surface area contributed by atoms with Crippen molar-refractivity contribution in [3.8, 4) is 23.7 Å². The Labute approximate surface area is 185 Å². The number of aliphatic hydroxyl groups is 1. The van der Waals surface area contributed by atoms with Gasteiger partial charge in [-0.15, -0.1) is 11.3 Å². The summed E-state index contributed by atoms with van der Waals surface area (Å²) in [5, 5.41) is 18.8. The van der Waals surface area contributed by atoms with Gasteiger partial charge in [-0.05, 0) is 62.6 Å². The Hall–Kier alpha value is -2.43. The van der Waals surface area contributed by atoms with Crippen LogP contribution in [0.3, 0.4) is 0 Å². The van der Waals surface area contributed by atoms with Crippen LogP contribution < -0.4 is 5.48 Å².